The molecular weight excluding hydrogens is 541 g/mol. The molecule has 1 N–H and O–H groups in total. The standard InChI is InChI=1S/C21H28F3N3O3.C8H17NO2/c1-29-19-12-30-7-5-18(19)26-16-3-2-13(9-16)20(28)27-6-4-17-14(11-27)8-15(10-25-17)21(22,23)24;1-9(2)7-4-5-11-6-8(7)10-3/h8,10,13,16,18-19,26H,2-7,9,11-12H2,1H3;7-8H,4-6H2,1-3H3/t13-,16?,18?,19?;/m0./s1. The summed E-state index contributed by atoms with van der Waals surface area (Å²) in [6.07, 6.45) is 1.62. The minimum atomic E-state index is -4.43. The fraction of sp³-hybridized carbons (Fsp3) is 0.793. The van der Waals surface area contributed by atoms with E-state index in [4.69, 9.17) is 18.9 Å². The van der Waals surface area contributed by atoms with Crippen LogP contribution in [-0.4, -0.2) is 112 Å². The molecule has 41 heavy (non-hydrogen) atoms. The van der Waals surface area contributed by atoms with Gasteiger partial charge in [0.15, 0.2) is 0 Å². The molecule has 2 saturated heterocycles. The van der Waals surface area contributed by atoms with Crippen LogP contribution in [0.1, 0.15) is 48.9 Å². The fourth-order valence-corrected chi connectivity index (χ4v) is 6.34. The normalized spacial score (nSPS) is 30.5. The first kappa shape index (κ1) is 32.1. The molecule has 4 aliphatic rings. The number of carbonyl (C=O) groups is 1. The van der Waals surface area contributed by atoms with Crippen LogP contribution in [0.4, 0.5) is 13.2 Å². The van der Waals surface area contributed by atoms with Crippen LogP contribution in [0.5, 0.6) is 0 Å². The van der Waals surface area contributed by atoms with Crippen LogP contribution < -0.4 is 5.32 Å². The largest absolute Gasteiger partial charge is 0.417 e. The van der Waals surface area contributed by atoms with Crippen molar-refractivity contribution in [2.75, 3.05) is 61.3 Å². The molecule has 0 spiro atoms. The minimum Gasteiger partial charge on any atom is -0.379 e. The van der Waals surface area contributed by atoms with Gasteiger partial charge in [0, 0.05) is 82.9 Å². The van der Waals surface area contributed by atoms with Gasteiger partial charge in [-0.1, -0.05) is 0 Å². The lowest BCUT2D eigenvalue weighted by molar-refractivity contribution is -0.138. The molecule has 1 amide bonds. The quantitative estimate of drug-likeness (QED) is 0.545. The topological polar surface area (TPSA) is 85.4 Å². The maximum atomic E-state index is 13.1. The monoisotopic (exact) mass is 586 g/mol. The Balaban J connectivity index is 0.000000296. The lowest BCUT2D eigenvalue weighted by atomic mass is 10.00. The third-order valence-corrected chi connectivity index (χ3v) is 8.75. The first-order valence-corrected chi connectivity index (χ1v) is 14.6. The van der Waals surface area contributed by atoms with Crippen LogP contribution in [0.25, 0.3) is 0 Å². The zero-order valence-corrected chi connectivity index (χ0v) is 24.6. The Bertz CT molecular complexity index is 998. The second kappa shape index (κ2) is 14.6. The highest BCUT2D eigenvalue weighted by Gasteiger charge is 2.37. The van der Waals surface area contributed by atoms with E-state index in [2.05, 4.69) is 29.3 Å². The van der Waals surface area contributed by atoms with Crippen molar-refractivity contribution < 1.29 is 36.9 Å². The van der Waals surface area contributed by atoms with Crippen LogP contribution in [0.15, 0.2) is 12.3 Å². The van der Waals surface area contributed by atoms with E-state index in [-0.39, 0.29) is 42.7 Å². The molecular formula is C29H45F3N4O5. The molecule has 3 fully saturated rings. The molecule has 3 aliphatic heterocycles. The number of hydrogen-bond donors (Lipinski definition) is 1. The number of carbonyl (C=O) groups excluding carboxylic acids is 1. The summed E-state index contributed by atoms with van der Waals surface area (Å²) >= 11 is 0. The molecule has 0 aromatic carbocycles. The van der Waals surface area contributed by atoms with E-state index >= 15 is 0 Å². The zero-order valence-electron chi connectivity index (χ0n) is 24.6. The number of amides is 1. The molecule has 0 bridgehead atoms. The van der Waals surface area contributed by atoms with E-state index in [9.17, 15) is 18.0 Å². The van der Waals surface area contributed by atoms with Crippen molar-refractivity contribution in [3.63, 3.8) is 0 Å². The molecule has 1 aromatic rings. The number of aromatic nitrogens is 1. The van der Waals surface area contributed by atoms with E-state index in [1.165, 1.54) is 0 Å². The number of nitrogens with zero attached hydrogens (tertiary/aromatic N) is 3. The number of halogens is 3. The highest BCUT2D eigenvalue weighted by molar-refractivity contribution is 5.79. The first-order valence-electron chi connectivity index (χ1n) is 14.6. The zero-order chi connectivity index (χ0) is 29.6. The Kier molecular flexibility index (Phi) is 11.4. The van der Waals surface area contributed by atoms with Gasteiger partial charge < -0.3 is 34.1 Å². The summed E-state index contributed by atoms with van der Waals surface area (Å²) in [4.78, 5) is 20.9. The smallest absolute Gasteiger partial charge is 0.379 e. The van der Waals surface area contributed by atoms with E-state index in [1.54, 1.807) is 19.1 Å². The van der Waals surface area contributed by atoms with Crippen LogP contribution >= 0.6 is 0 Å². The van der Waals surface area contributed by atoms with E-state index in [0.717, 1.165) is 57.6 Å². The van der Waals surface area contributed by atoms with Gasteiger partial charge in [-0.05, 0) is 57.8 Å². The summed E-state index contributed by atoms with van der Waals surface area (Å²) in [5.41, 5.74) is 0.398. The van der Waals surface area contributed by atoms with Gasteiger partial charge in [0.25, 0.3) is 0 Å². The molecule has 12 heteroatoms. The number of rotatable bonds is 6. The maximum absolute atomic E-state index is 13.1. The number of ether oxygens (including phenoxy) is 4. The van der Waals surface area contributed by atoms with Crippen molar-refractivity contribution in [2.45, 2.75) is 81.6 Å². The third-order valence-electron chi connectivity index (χ3n) is 8.75. The Labute approximate surface area is 241 Å². The van der Waals surface area contributed by atoms with Crippen molar-refractivity contribution in [2.24, 2.45) is 5.92 Å². The number of hydrogen-bond acceptors (Lipinski definition) is 8. The third kappa shape index (κ3) is 8.39. The van der Waals surface area contributed by atoms with Gasteiger partial charge in [0.05, 0.1) is 31.0 Å². The highest BCUT2D eigenvalue weighted by Crippen LogP contribution is 2.33. The summed E-state index contributed by atoms with van der Waals surface area (Å²) in [7, 11) is 7.60. The van der Waals surface area contributed by atoms with Crippen LogP contribution in [0, 0.1) is 5.92 Å². The number of methoxy groups -OCH3 is 2. The predicted molar refractivity (Wildman–Crippen MR) is 146 cm³/mol. The molecule has 9 nitrogen and oxygen atoms in total. The number of fused-ring (bicyclic) bond motifs is 1. The number of likely N-dealkylation sites (N-methyl/N-ethyl adjacent to an activating group) is 1. The van der Waals surface area contributed by atoms with Gasteiger partial charge in [0.1, 0.15) is 0 Å². The van der Waals surface area contributed by atoms with Crippen LogP contribution in [-0.2, 0) is 42.9 Å². The Morgan fingerprint density at radius 3 is 2.44 bits per heavy atom. The van der Waals surface area contributed by atoms with Crippen LogP contribution in [0.2, 0.25) is 0 Å². The van der Waals surface area contributed by atoms with E-state index in [1.807, 2.05) is 0 Å². The summed E-state index contributed by atoms with van der Waals surface area (Å²) in [5.74, 6) is -0.0544. The van der Waals surface area contributed by atoms with Gasteiger partial charge in [-0.2, -0.15) is 13.2 Å². The average Bonchev–Trinajstić information content (AvgIpc) is 3.44. The number of alkyl halides is 3. The molecule has 6 atom stereocenters. The lowest BCUT2D eigenvalue weighted by Crippen LogP contribution is -2.50. The Morgan fingerprint density at radius 2 is 1.78 bits per heavy atom. The van der Waals surface area contributed by atoms with Gasteiger partial charge in [-0.3, -0.25) is 9.78 Å². The molecule has 4 heterocycles. The molecule has 0 radical (unpaired) electrons. The number of pyridine rings is 1. The van der Waals surface area contributed by atoms with Crippen molar-refractivity contribution >= 4 is 5.91 Å². The number of nitrogens with one attached hydrogen (secondary N) is 1. The second-order valence-corrected chi connectivity index (χ2v) is 11.6. The minimum absolute atomic E-state index is 0.0161. The second-order valence-electron chi connectivity index (χ2n) is 11.6. The molecule has 1 saturated carbocycles. The lowest BCUT2D eigenvalue weighted by Gasteiger charge is -2.34. The summed E-state index contributed by atoms with van der Waals surface area (Å²) in [6.45, 7) is 3.58. The van der Waals surface area contributed by atoms with Crippen LogP contribution in [0.3, 0.4) is 0 Å². The van der Waals surface area contributed by atoms with Gasteiger partial charge >= 0.3 is 6.18 Å². The van der Waals surface area contributed by atoms with E-state index < -0.39 is 11.7 Å². The Hall–Kier alpha value is -1.83. The molecule has 5 unspecified atom stereocenters. The summed E-state index contributed by atoms with van der Waals surface area (Å²) in [6, 6.07) is 2.12. The van der Waals surface area contributed by atoms with Gasteiger partial charge in [-0.15, -0.1) is 0 Å². The molecule has 232 valence electrons. The summed E-state index contributed by atoms with van der Waals surface area (Å²) < 4.78 is 60.6. The highest BCUT2D eigenvalue weighted by atomic mass is 19.4. The van der Waals surface area contributed by atoms with Gasteiger partial charge in [-0.25, -0.2) is 0 Å². The predicted octanol–water partition coefficient (Wildman–Crippen LogP) is 2.90. The van der Waals surface area contributed by atoms with Crippen molar-refractivity contribution in [3.05, 3.63) is 29.1 Å². The maximum Gasteiger partial charge on any atom is 0.417 e. The average molecular weight is 587 g/mol. The van der Waals surface area contributed by atoms with Crippen molar-refractivity contribution in [1.82, 2.24) is 20.1 Å². The SMILES string of the molecule is COC1COCCC1N(C)C.COC1COCCC1NC1CC[C@H](C(=O)N2CCc3ncc(C(F)(F)F)cc3C2)C1. The Morgan fingerprint density at radius 1 is 1.07 bits per heavy atom. The van der Waals surface area contributed by atoms with Crippen molar-refractivity contribution in [3.8, 4) is 0 Å². The summed E-state index contributed by atoms with van der Waals surface area (Å²) in [5, 5.41) is 3.64. The van der Waals surface area contributed by atoms with Gasteiger partial charge in [0.2, 0.25) is 5.91 Å². The van der Waals surface area contributed by atoms with E-state index in [0.29, 0.717) is 43.5 Å². The molecule has 1 aliphatic carbocycles. The first-order chi connectivity index (χ1) is 19.6. The van der Waals surface area contributed by atoms with Crippen molar-refractivity contribution in [1.29, 1.82) is 0 Å². The molecule has 5 rings (SSSR count). The molecule has 1 aromatic heterocycles. The fourth-order valence-electron chi connectivity index (χ4n) is 6.34.